The normalized spacial score (nSPS) is 19.1. The fourth-order valence-electron chi connectivity index (χ4n) is 2.95. The van der Waals surface area contributed by atoms with Crippen molar-refractivity contribution < 1.29 is 27.5 Å². The zero-order chi connectivity index (χ0) is 21.0. The number of sulfone groups is 1. The predicted molar refractivity (Wildman–Crippen MR) is 106 cm³/mol. The first-order chi connectivity index (χ1) is 13.7. The number of nitrogens with one attached hydrogen (secondary N) is 2. The second-order valence-electron chi connectivity index (χ2n) is 7.35. The standard InChI is InChI=1S/C19H25N3O6S/c1-13(19(25)22-7-9-29(26,27)10-8-22)20-17(23)12-28-16-4-2-3-15(11-16)21-18(24)14-5-6-14/h2-4,11,13-14H,5-10,12H2,1H3,(H,20,23)(H,21,24). The lowest BCUT2D eigenvalue weighted by Gasteiger charge is -2.29. The van der Waals surface area contributed by atoms with E-state index in [-0.39, 0.29) is 48.9 Å². The van der Waals surface area contributed by atoms with Gasteiger partial charge in [0, 0.05) is 30.8 Å². The number of carbonyl (C=O) groups is 3. The number of benzene rings is 1. The molecule has 0 spiro atoms. The van der Waals surface area contributed by atoms with E-state index in [0.717, 1.165) is 12.8 Å². The summed E-state index contributed by atoms with van der Waals surface area (Å²) in [5.41, 5.74) is 0.600. The summed E-state index contributed by atoms with van der Waals surface area (Å²) in [6, 6.07) is 5.98. The maximum absolute atomic E-state index is 12.4. The molecule has 1 aromatic rings. The van der Waals surface area contributed by atoms with Gasteiger partial charge in [-0.15, -0.1) is 0 Å². The average molecular weight is 423 g/mol. The van der Waals surface area contributed by atoms with Gasteiger partial charge in [-0.25, -0.2) is 8.42 Å². The summed E-state index contributed by atoms with van der Waals surface area (Å²) in [4.78, 5) is 37.7. The maximum atomic E-state index is 12.4. The molecule has 0 aromatic heterocycles. The van der Waals surface area contributed by atoms with Crippen LogP contribution in [0.15, 0.2) is 24.3 Å². The molecule has 1 atom stereocenters. The summed E-state index contributed by atoms with van der Waals surface area (Å²) < 4.78 is 28.4. The molecule has 1 heterocycles. The van der Waals surface area contributed by atoms with Crippen molar-refractivity contribution in [3.05, 3.63) is 24.3 Å². The molecule has 3 amide bonds. The Morgan fingerprint density at radius 3 is 2.55 bits per heavy atom. The minimum absolute atomic E-state index is 0.0160. The minimum Gasteiger partial charge on any atom is -0.484 e. The van der Waals surface area contributed by atoms with E-state index in [4.69, 9.17) is 4.74 Å². The van der Waals surface area contributed by atoms with Crippen LogP contribution in [0.5, 0.6) is 5.75 Å². The van der Waals surface area contributed by atoms with Crippen molar-refractivity contribution in [1.29, 1.82) is 0 Å². The van der Waals surface area contributed by atoms with E-state index in [1.165, 1.54) is 4.90 Å². The summed E-state index contributed by atoms with van der Waals surface area (Å²) in [7, 11) is -3.08. The summed E-state index contributed by atoms with van der Waals surface area (Å²) in [6.07, 6.45) is 1.82. The number of hydrogen-bond donors (Lipinski definition) is 2. The molecule has 29 heavy (non-hydrogen) atoms. The van der Waals surface area contributed by atoms with E-state index in [1.54, 1.807) is 31.2 Å². The third kappa shape index (κ3) is 6.18. The van der Waals surface area contributed by atoms with Crippen LogP contribution < -0.4 is 15.4 Å². The molecule has 1 aromatic carbocycles. The van der Waals surface area contributed by atoms with E-state index in [2.05, 4.69) is 10.6 Å². The van der Waals surface area contributed by atoms with Crippen LogP contribution in [0, 0.1) is 5.92 Å². The molecular formula is C19H25N3O6S. The van der Waals surface area contributed by atoms with Gasteiger partial charge in [0.15, 0.2) is 16.4 Å². The van der Waals surface area contributed by atoms with Crippen molar-refractivity contribution >= 4 is 33.2 Å². The number of ether oxygens (including phenoxy) is 1. The van der Waals surface area contributed by atoms with Crippen LogP contribution in [0.4, 0.5) is 5.69 Å². The van der Waals surface area contributed by atoms with E-state index in [9.17, 15) is 22.8 Å². The van der Waals surface area contributed by atoms with Gasteiger partial charge in [-0.1, -0.05) is 6.07 Å². The second kappa shape index (κ2) is 8.81. The lowest BCUT2D eigenvalue weighted by Crippen LogP contribution is -2.52. The second-order valence-corrected chi connectivity index (χ2v) is 9.65. The Kier molecular flexibility index (Phi) is 6.41. The molecule has 10 heteroatoms. The highest BCUT2D eigenvalue weighted by Crippen LogP contribution is 2.30. The fraction of sp³-hybridized carbons (Fsp3) is 0.526. The quantitative estimate of drug-likeness (QED) is 0.645. The van der Waals surface area contributed by atoms with Crippen LogP contribution >= 0.6 is 0 Å². The molecule has 0 radical (unpaired) electrons. The highest BCUT2D eigenvalue weighted by atomic mass is 32.2. The molecule has 2 N–H and O–H groups in total. The molecule has 0 bridgehead atoms. The van der Waals surface area contributed by atoms with Crippen molar-refractivity contribution in [2.24, 2.45) is 5.92 Å². The van der Waals surface area contributed by atoms with Gasteiger partial charge in [0.25, 0.3) is 5.91 Å². The van der Waals surface area contributed by atoms with E-state index >= 15 is 0 Å². The molecule has 2 aliphatic rings. The van der Waals surface area contributed by atoms with Crippen LogP contribution in [-0.2, 0) is 24.2 Å². The molecular weight excluding hydrogens is 398 g/mol. The van der Waals surface area contributed by atoms with Gasteiger partial charge < -0.3 is 20.3 Å². The summed E-state index contributed by atoms with van der Waals surface area (Å²) in [6.45, 7) is 1.54. The van der Waals surface area contributed by atoms with Gasteiger partial charge >= 0.3 is 0 Å². The smallest absolute Gasteiger partial charge is 0.258 e. The Hall–Kier alpha value is -2.62. The van der Waals surface area contributed by atoms with Gasteiger partial charge in [0.1, 0.15) is 11.8 Å². The van der Waals surface area contributed by atoms with Crippen molar-refractivity contribution in [1.82, 2.24) is 10.2 Å². The van der Waals surface area contributed by atoms with Crippen LogP contribution in [0.25, 0.3) is 0 Å². The lowest BCUT2D eigenvalue weighted by atomic mass is 10.2. The Balaban J connectivity index is 1.44. The topological polar surface area (TPSA) is 122 Å². The molecule has 9 nitrogen and oxygen atoms in total. The van der Waals surface area contributed by atoms with Crippen molar-refractivity contribution in [2.45, 2.75) is 25.8 Å². The monoisotopic (exact) mass is 423 g/mol. The molecule has 158 valence electrons. The fourth-order valence-corrected chi connectivity index (χ4v) is 4.16. The number of rotatable bonds is 7. The Labute approximate surface area is 169 Å². The van der Waals surface area contributed by atoms with E-state index in [1.807, 2.05) is 0 Å². The number of nitrogens with zero attached hydrogens (tertiary/aromatic N) is 1. The first kappa shape index (κ1) is 21.1. The third-order valence-electron chi connectivity index (χ3n) is 4.82. The van der Waals surface area contributed by atoms with Crippen molar-refractivity contribution in [3.8, 4) is 5.75 Å². The first-order valence-electron chi connectivity index (χ1n) is 9.56. The third-order valence-corrected chi connectivity index (χ3v) is 6.43. The van der Waals surface area contributed by atoms with Crippen LogP contribution in [0.3, 0.4) is 0 Å². The number of amides is 3. The van der Waals surface area contributed by atoms with Crippen molar-refractivity contribution in [2.75, 3.05) is 36.5 Å². The number of anilines is 1. The molecule has 1 saturated carbocycles. The van der Waals surface area contributed by atoms with Crippen LogP contribution in [-0.4, -0.2) is 68.3 Å². The zero-order valence-electron chi connectivity index (χ0n) is 16.2. The summed E-state index contributed by atoms with van der Waals surface area (Å²) in [5.74, 6) is -0.413. The maximum Gasteiger partial charge on any atom is 0.258 e. The van der Waals surface area contributed by atoms with Gasteiger partial charge in [-0.2, -0.15) is 0 Å². The molecule has 2 fully saturated rings. The summed E-state index contributed by atoms with van der Waals surface area (Å²) in [5, 5.41) is 5.37. The molecule has 1 saturated heterocycles. The molecule has 3 rings (SSSR count). The SMILES string of the molecule is CC(NC(=O)COc1cccc(NC(=O)C2CC2)c1)C(=O)N1CCS(=O)(=O)CC1. The predicted octanol–water partition coefficient (Wildman–Crippen LogP) is 0.176. The zero-order valence-corrected chi connectivity index (χ0v) is 17.0. The molecule has 1 aliphatic carbocycles. The van der Waals surface area contributed by atoms with Gasteiger partial charge in [0.05, 0.1) is 11.5 Å². The molecule has 1 unspecified atom stereocenters. The highest BCUT2D eigenvalue weighted by Gasteiger charge is 2.30. The molecule has 1 aliphatic heterocycles. The Morgan fingerprint density at radius 2 is 1.90 bits per heavy atom. The van der Waals surface area contributed by atoms with E-state index < -0.39 is 21.8 Å². The van der Waals surface area contributed by atoms with Crippen LogP contribution in [0.2, 0.25) is 0 Å². The van der Waals surface area contributed by atoms with Gasteiger partial charge in [-0.05, 0) is 31.9 Å². The summed E-state index contributed by atoms with van der Waals surface area (Å²) >= 11 is 0. The first-order valence-corrected chi connectivity index (χ1v) is 11.4. The van der Waals surface area contributed by atoms with Gasteiger partial charge in [-0.3, -0.25) is 14.4 Å². The van der Waals surface area contributed by atoms with E-state index in [0.29, 0.717) is 11.4 Å². The highest BCUT2D eigenvalue weighted by molar-refractivity contribution is 7.91. The average Bonchev–Trinajstić information content (AvgIpc) is 3.51. The lowest BCUT2D eigenvalue weighted by molar-refractivity contribution is -0.136. The number of hydrogen-bond acceptors (Lipinski definition) is 6. The van der Waals surface area contributed by atoms with Crippen LogP contribution in [0.1, 0.15) is 19.8 Å². The van der Waals surface area contributed by atoms with Gasteiger partial charge in [0.2, 0.25) is 11.8 Å². The number of carbonyl (C=O) groups excluding carboxylic acids is 3. The Morgan fingerprint density at radius 1 is 1.21 bits per heavy atom. The largest absolute Gasteiger partial charge is 0.484 e. The minimum atomic E-state index is -3.08. The van der Waals surface area contributed by atoms with Crippen molar-refractivity contribution in [3.63, 3.8) is 0 Å². The Bertz CT molecular complexity index is 883.